The Kier molecular flexibility index (Phi) is 9.42. The van der Waals surface area contributed by atoms with Crippen LogP contribution in [0.3, 0.4) is 0 Å². The summed E-state index contributed by atoms with van der Waals surface area (Å²) in [6.07, 6.45) is 6.47. The predicted octanol–water partition coefficient (Wildman–Crippen LogP) is 4.12. The molecule has 1 rings (SSSR count). The first-order chi connectivity index (χ1) is 10.6. The third-order valence-electron chi connectivity index (χ3n) is 5.57. The van der Waals surface area contributed by atoms with Crippen molar-refractivity contribution in [3.05, 3.63) is 0 Å². The second kappa shape index (κ2) is 10.2. The van der Waals surface area contributed by atoms with Gasteiger partial charge in [-0.1, -0.05) is 33.1 Å². The largest absolute Gasteiger partial charge is 0.427 e. The van der Waals surface area contributed by atoms with Gasteiger partial charge in [0, 0.05) is 27.4 Å². The van der Waals surface area contributed by atoms with E-state index in [1.165, 1.54) is 50.2 Å². The first kappa shape index (κ1) is 20.3. The second-order valence-electron chi connectivity index (χ2n) is 6.47. The van der Waals surface area contributed by atoms with Crippen molar-refractivity contribution in [2.24, 2.45) is 0 Å². The van der Waals surface area contributed by atoms with Crippen molar-refractivity contribution in [1.29, 1.82) is 0 Å². The van der Waals surface area contributed by atoms with E-state index < -0.39 is 17.0 Å². The molecule has 4 nitrogen and oxygen atoms in total. The van der Waals surface area contributed by atoms with Gasteiger partial charge in [-0.3, -0.25) is 4.57 Å². The summed E-state index contributed by atoms with van der Waals surface area (Å²) in [5, 5.41) is 0. The van der Waals surface area contributed by atoms with E-state index in [0.717, 1.165) is 19.1 Å². The van der Waals surface area contributed by atoms with Crippen molar-refractivity contribution in [3.63, 3.8) is 0 Å². The van der Waals surface area contributed by atoms with E-state index in [1.54, 1.807) is 0 Å². The second-order valence-corrected chi connectivity index (χ2v) is 14.5. The lowest BCUT2D eigenvalue weighted by Gasteiger charge is -2.32. The average Bonchev–Trinajstić information content (AvgIpc) is 2.98. The molecule has 0 amide bonds. The number of hydrogen-bond donors (Lipinski definition) is 0. The Morgan fingerprint density at radius 3 is 2.14 bits per heavy atom. The van der Waals surface area contributed by atoms with Crippen molar-refractivity contribution in [2.45, 2.75) is 70.1 Å². The molecular weight excluding hydrogens is 310 g/mol. The molecular formula is C16H37NO3Si2. The summed E-state index contributed by atoms with van der Waals surface area (Å²) in [6.45, 7) is 6.89. The molecule has 1 aliphatic rings. The minimum absolute atomic E-state index is 1.12. The van der Waals surface area contributed by atoms with E-state index in [9.17, 15) is 0 Å². The molecule has 1 heterocycles. The normalized spacial score (nSPS) is 19.0. The SMILES string of the molecule is CC[Si](CC)(CCCCCCN1CCC[Si]1(OC)OC)OC. The fourth-order valence-corrected chi connectivity index (χ4v) is 9.64. The van der Waals surface area contributed by atoms with E-state index in [4.69, 9.17) is 13.3 Å². The summed E-state index contributed by atoms with van der Waals surface area (Å²) in [5.74, 6) is 0. The molecule has 0 aliphatic carbocycles. The average molecular weight is 348 g/mol. The van der Waals surface area contributed by atoms with Gasteiger partial charge in [-0.25, -0.2) is 0 Å². The van der Waals surface area contributed by atoms with Crippen molar-refractivity contribution < 1.29 is 13.3 Å². The van der Waals surface area contributed by atoms with Crippen LogP contribution in [-0.4, -0.2) is 56.0 Å². The number of nitrogens with zero attached hydrogens (tertiary/aromatic N) is 1. The number of rotatable bonds is 12. The molecule has 22 heavy (non-hydrogen) atoms. The predicted molar refractivity (Wildman–Crippen MR) is 97.8 cm³/mol. The fraction of sp³-hybridized carbons (Fsp3) is 1.00. The number of hydrogen-bond acceptors (Lipinski definition) is 4. The van der Waals surface area contributed by atoms with Crippen LogP contribution in [0.25, 0.3) is 0 Å². The van der Waals surface area contributed by atoms with E-state index in [-0.39, 0.29) is 0 Å². The zero-order valence-corrected chi connectivity index (χ0v) is 17.5. The Balaban J connectivity index is 2.20. The van der Waals surface area contributed by atoms with Gasteiger partial charge in [-0.2, -0.15) is 0 Å². The Labute approximate surface area is 140 Å². The van der Waals surface area contributed by atoms with Gasteiger partial charge in [0.25, 0.3) is 0 Å². The van der Waals surface area contributed by atoms with Crippen molar-refractivity contribution >= 4 is 17.0 Å². The maximum absolute atomic E-state index is 5.88. The van der Waals surface area contributed by atoms with Gasteiger partial charge in [0.1, 0.15) is 0 Å². The minimum Gasteiger partial charge on any atom is -0.420 e. The lowest BCUT2D eigenvalue weighted by Crippen LogP contribution is -2.53. The Hall–Kier alpha value is 0.274. The molecule has 0 aromatic rings. The van der Waals surface area contributed by atoms with E-state index in [2.05, 4.69) is 18.4 Å². The smallest absolute Gasteiger partial charge is 0.420 e. The maximum atomic E-state index is 5.88. The van der Waals surface area contributed by atoms with Gasteiger partial charge < -0.3 is 13.3 Å². The van der Waals surface area contributed by atoms with Crippen molar-refractivity contribution in [1.82, 2.24) is 4.57 Å². The van der Waals surface area contributed by atoms with Gasteiger partial charge in [0.2, 0.25) is 0 Å². The molecule has 0 saturated carbocycles. The topological polar surface area (TPSA) is 30.9 Å². The quantitative estimate of drug-likeness (QED) is 0.392. The Morgan fingerprint density at radius 2 is 1.59 bits per heavy atom. The van der Waals surface area contributed by atoms with Crippen LogP contribution in [-0.2, 0) is 13.3 Å². The molecule has 0 bridgehead atoms. The highest BCUT2D eigenvalue weighted by Gasteiger charge is 2.46. The van der Waals surface area contributed by atoms with Crippen LogP contribution in [0.2, 0.25) is 24.2 Å². The van der Waals surface area contributed by atoms with Gasteiger partial charge in [0.15, 0.2) is 8.32 Å². The summed E-state index contributed by atoms with van der Waals surface area (Å²) in [4.78, 5) is 0. The molecule has 0 aromatic heterocycles. The fourth-order valence-electron chi connectivity index (χ4n) is 3.75. The van der Waals surface area contributed by atoms with Gasteiger partial charge in [-0.15, -0.1) is 0 Å². The summed E-state index contributed by atoms with van der Waals surface area (Å²) in [7, 11) is 2.17. The maximum Gasteiger partial charge on any atom is 0.427 e. The van der Waals surface area contributed by atoms with Crippen molar-refractivity contribution in [3.8, 4) is 0 Å². The molecule has 1 fully saturated rings. The highest BCUT2D eigenvalue weighted by Crippen LogP contribution is 2.28. The molecule has 132 valence electrons. The summed E-state index contributed by atoms with van der Waals surface area (Å²) < 4.78 is 19.9. The molecule has 1 aliphatic heterocycles. The van der Waals surface area contributed by atoms with Gasteiger partial charge in [0.05, 0.1) is 0 Å². The molecule has 6 heteroatoms. The van der Waals surface area contributed by atoms with Crippen molar-refractivity contribution in [2.75, 3.05) is 34.4 Å². The number of unbranched alkanes of at least 4 members (excludes halogenated alkanes) is 3. The third kappa shape index (κ3) is 5.14. The highest BCUT2D eigenvalue weighted by atomic mass is 28.4. The highest BCUT2D eigenvalue weighted by molar-refractivity contribution is 6.73. The van der Waals surface area contributed by atoms with Crippen LogP contribution in [0, 0.1) is 0 Å². The Bertz CT molecular complexity index is 289. The van der Waals surface area contributed by atoms with Crippen LogP contribution >= 0.6 is 0 Å². The van der Waals surface area contributed by atoms with E-state index >= 15 is 0 Å². The van der Waals surface area contributed by atoms with Crippen LogP contribution in [0.5, 0.6) is 0 Å². The molecule has 0 unspecified atom stereocenters. The zero-order valence-electron chi connectivity index (χ0n) is 15.5. The lowest BCUT2D eigenvalue weighted by molar-refractivity contribution is 0.181. The first-order valence-electron chi connectivity index (χ1n) is 9.02. The molecule has 0 aromatic carbocycles. The van der Waals surface area contributed by atoms with Gasteiger partial charge >= 0.3 is 8.72 Å². The van der Waals surface area contributed by atoms with Gasteiger partial charge in [-0.05, 0) is 44.1 Å². The van der Waals surface area contributed by atoms with Crippen LogP contribution < -0.4 is 0 Å². The zero-order chi connectivity index (χ0) is 16.5. The van der Waals surface area contributed by atoms with Crippen LogP contribution in [0.4, 0.5) is 0 Å². The molecule has 0 N–H and O–H groups in total. The minimum atomic E-state index is -2.01. The summed E-state index contributed by atoms with van der Waals surface area (Å²) >= 11 is 0. The Morgan fingerprint density at radius 1 is 0.955 bits per heavy atom. The van der Waals surface area contributed by atoms with Crippen LogP contribution in [0.15, 0.2) is 0 Å². The van der Waals surface area contributed by atoms with E-state index in [1.807, 2.05) is 21.3 Å². The summed E-state index contributed by atoms with van der Waals surface area (Å²) in [6, 6.07) is 4.96. The van der Waals surface area contributed by atoms with Crippen LogP contribution in [0.1, 0.15) is 46.0 Å². The van der Waals surface area contributed by atoms with E-state index in [0.29, 0.717) is 0 Å². The summed E-state index contributed by atoms with van der Waals surface area (Å²) in [5.41, 5.74) is 0. The lowest BCUT2D eigenvalue weighted by atomic mass is 10.2. The molecule has 0 radical (unpaired) electrons. The molecule has 0 spiro atoms. The first-order valence-corrected chi connectivity index (χ1v) is 13.5. The molecule has 0 atom stereocenters. The monoisotopic (exact) mass is 347 g/mol. The molecule has 1 saturated heterocycles. The standard InChI is InChI=1S/C16H37NO3Si2/c1-6-21(7-2,18-3)15-11-9-8-10-13-17-14-12-16-22(17,19-4)20-5/h6-16H2,1-5H3. The third-order valence-corrected chi connectivity index (χ3v) is 14.0.